The van der Waals surface area contributed by atoms with E-state index < -0.39 is 6.03 Å². The first-order valence-corrected chi connectivity index (χ1v) is 20.6. The summed E-state index contributed by atoms with van der Waals surface area (Å²) >= 11 is 0. The fourth-order valence-electron chi connectivity index (χ4n) is 8.11. The van der Waals surface area contributed by atoms with Crippen LogP contribution in [0.2, 0.25) is 0 Å². The molecule has 0 unspecified atom stereocenters. The number of benzene rings is 2. The van der Waals surface area contributed by atoms with Crippen LogP contribution in [0.15, 0.2) is 83.6 Å². The third-order valence-corrected chi connectivity index (χ3v) is 11.6. The molecular formula is C44H61N10O2+. The Balaban J connectivity index is 1.05. The molecule has 2 aliphatic heterocycles. The SMILES string of the molecule is C[C@H]1CCCCN1c1nnc2ccc(O[C@@H]3CC[C@H](NC(=O)/N=C(\C=C(/N)C(C)(C)C)[NH2+]c4cccc(CCN5CCCN(C)CC5)c4)c4ccccc43)cn12. The van der Waals surface area contributed by atoms with Crippen molar-refractivity contribution in [3.05, 3.63) is 95.3 Å². The molecule has 0 bridgehead atoms. The van der Waals surface area contributed by atoms with E-state index in [0.717, 1.165) is 99.1 Å². The standard InChI is InChI=1S/C44H60N10O2/c1-31-12-8-9-24-53(31)43-50-49-41-20-17-34(30-54(41)43)56-38-19-18-37(35-15-6-7-16-36(35)38)47-42(55)48-40(29-39(45)44(2,3)4)46-33-14-10-13-32(28-33)21-25-52-23-11-22-51(5)26-27-52/h6-7,10,13-17,20,28-31,37-38H,8-9,11-12,18-19,21-27,45H2,1-5H3,(H2,46,47,48,55)/p+1/b39-29-/t31-,37-,38+/m0/s1. The topological polar surface area (TPSA) is 133 Å². The predicted octanol–water partition coefficient (Wildman–Crippen LogP) is 6.14. The smallest absolute Gasteiger partial charge is 0.346 e. The quantitative estimate of drug-likeness (QED) is 0.105. The molecule has 4 heterocycles. The number of amidine groups is 1. The molecule has 2 amide bonds. The number of amides is 2. The number of hydrogen-bond acceptors (Lipinski definition) is 8. The number of allylic oxidation sites excluding steroid dienone is 1. The number of nitrogens with two attached hydrogens (primary N) is 2. The number of carbonyl (C=O) groups excluding carboxylic acids is 1. The Bertz CT molecular complexity index is 2030. The fourth-order valence-corrected chi connectivity index (χ4v) is 8.11. The van der Waals surface area contributed by atoms with Crippen molar-refractivity contribution in [1.29, 1.82) is 0 Å². The van der Waals surface area contributed by atoms with Crippen molar-refractivity contribution < 1.29 is 14.8 Å². The number of piperidine rings is 1. The molecule has 0 radical (unpaired) electrons. The second-order valence-corrected chi connectivity index (χ2v) is 17.0. The van der Waals surface area contributed by atoms with Crippen LogP contribution in [-0.2, 0) is 6.42 Å². The lowest BCUT2D eigenvalue weighted by Crippen LogP contribution is -2.82. The molecule has 0 spiro atoms. The highest BCUT2D eigenvalue weighted by molar-refractivity contribution is 5.96. The van der Waals surface area contributed by atoms with Gasteiger partial charge in [0.1, 0.15) is 17.5 Å². The lowest BCUT2D eigenvalue weighted by atomic mass is 9.85. The van der Waals surface area contributed by atoms with E-state index in [0.29, 0.717) is 24.0 Å². The van der Waals surface area contributed by atoms with Gasteiger partial charge in [-0.25, -0.2) is 4.79 Å². The number of pyridine rings is 1. The van der Waals surface area contributed by atoms with Gasteiger partial charge in [0.25, 0.3) is 0 Å². The van der Waals surface area contributed by atoms with Gasteiger partial charge in [-0.2, -0.15) is 0 Å². The van der Waals surface area contributed by atoms with Crippen LogP contribution >= 0.6 is 0 Å². The molecule has 2 saturated heterocycles. The molecule has 7 rings (SSSR count). The molecular weight excluding hydrogens is 701 g/mol. The average molecular weight is 762 g/mol. The monoisotopic (exact) mass is 761 g/mol. The molecule has 12 nitrogen and oxygen atoms in total. The van der Waals surface area contributed by atoms with Gasteiger partial charge < -0.3 is 30.5 Å². The molecule has 56 heavy (non-hydrogen) atoms. The highest BCUT2D eigenvalue weighted by atomic mass is 16.5. The number of rotatable bonds is 9. The van der Waals surface area contributed by atoms with Crippen LogP contribution in [0.3, 0.4) is 0 Å². The third kappa shape index (κ3) is 9.77. The lowest BCUT2D eigenvalue weighted by molar-refractivity contribution is -0.441. The van der Waals surface area contributed by atoms with Gasteiger partial charge in [0.15, 0.2) is 5.65 Å². The largest absolute Gasteiger partial charge is 0.484 e. The zero-order chi connectivity index (χ0) is 39.2. The average Bonchev–Trinajstić information content (AvgIpc) is 3.47. The highest BCUT2D eigenvalue weighted by Crippen LogP contribution is 2.39. The molecule has 1 aliphatic carbocycles. The van der Waals surface area contributed by atoms with Crippen molar-refractivity contribution in [2.75, 3.05) is 51.2 Å². The number of quaternary nitrogens is 1. The van der Waals surface area contributed by atoms with Gasteiger partial charge in [0.05, 0.1) is 12.2 Å². The van der Waals surface area contributed by atoms with Gasteiger partial charge >= 0.3 is 6.03 Å². The van der Waals surface area contributed by atoms with Gasteiger partial charge in [-0.15, -0.1) is 15.2 Å². The number of nitrogens with zero attached hydrogens (tertiary/aromatic N) is 7. The number of nitrogens with one attached hydrogen (secondary N) is 1. The molecule has 12 heteroatoms. The predicted molar refractivity (Wildman–Crippen MR) is 223 cm³/mol. The number of urea groups is 1. The van der Waals surface area contributed by atoms with E-state index >= 15 is 0 Å². The molecule has 5 N–H and O–H groups in total. The molecule has 2 aromatic heterocycles. The van der Waals surface area contributed by atoms with Crippen LogP contribution in [0.1, 0.15) is 95.1 Å². The van der Waals surface area contributed by atoms with Crippen molar-refractivity contribution in [3.8, 4) is 5.75 Å². The molecule has 3 atom stereocenters. The number of carbonyl (C=O) groups is 1. The molecule has 4 aromatic rings. The number of ether oxygens (including phenoxy) is 1. The van der Waals surface area contributed by atoms with Crippen LogP contribution in [0.5, 0.6) is 5.75 Å². The number of aliphatic imine (C=N–C) groups is 1. The fraction of sp³-hybridized carbons (Fsp3) is 0.500. The summed E-state index contributed by atoms with van der Waals surface area (Å²) in [6, 6.07) is 20.5. The van der Waals surface area contributed by atoms with E-state index in [-0.39, 0.29) is 17.6 Å². The Morgan fingerprint density at radius 3 is 2.62 bits per heavy atom. The molecule has 2 aromatic carbocycles. The number of aromatic nitrogens is 3. The number of hydrogen-bond donors (Lipinski definition) is 3. The molecule has 298 valence electrons. The van der Waals surface area contributed by atoms with E-state index in [4.69, 9.17) is 10.5 Å². The van der Waals surface area contributed by atoms with Gasteiger partial charge in [0, 0.05) is 55.5 Å². The summed E-state index contributed by atoms with van der Waals surface area (Å²) < 4.78 is 8.74. The van der Waals surface area contributed by atoms with E-state index in [2.05, 4.69) is 106 Å². The van der Waals surface area contributed by atoms with E-state index in [9.17, 15) is 4.79 Å². The Morgan fingerprint density at radius 2 is 1.80 bits per heavy atom. The third-order valence-electron chi connectivity index (χ3n) is 11.6. The molecule has 0 saturated carbocycles. The normalized spacial score (nSPS) is 21.8. The second kappa shape index (κ2) is 17.6. The summed E-state index contributed by atoms with van der Waals surface area (Å²) in [4.78, 5) is 25.7. The lowest BCUT2D eigenvalue weighted by Gasteiger charge is -2.33. The van der Waals surface area contributed by atoms with Crippen molar-refractivity contribution in [1.82, 2.24) is 29.7 Å². The second-order valence-electron chi connectivity index (χ2n) is 17.0. The van der Waals surface area contributed by atoms with Crippen LogP contribution < -0.4 is 26.0 Å². The summed E-state index contributed by atoms with van der Waals surface area (Å²) in [6.45, 7) is 15.0. The Morgan fingerprint density at radius 1 is 0.964 bits per heavy atom. The van der Waals surface area contributed by atoms with Crippen molar-refractivity contribution in [2.24, 2.45) is 16.1 Å². The first-order chi connectivity index (χ1) is 27.0. The number of anilines is 1. The highest BCUT2D eigenvalue weighted by Gasteiger charge is 2.30. The Kier molecular flexibility index (Phi) is 12.4. The van der Waals surface area contributed by atoms with Crippen LogP contribution in [0.4, 0.5) is 16.4 Å². The maximum atomic E-state index is 13.8. The van der Waals surface area contributed by atoms with Crippen LogP contribution in [-0.4, -0.2) is 88.6 Å². The van der Waals surface area contributed by atoms with Gasteiger partial charge in [-0.3, -0.25) is 9.72 Å². The first-order valence-electron chi connectivity index (χ1n) is 20.6. The van der Waals surface area contributed by atoms with Crippen LogP contribution in [0, 0.1) is 5.41 Å². The summed E-state index contributed by atoms with van der Waals surface area (Å²) in [5.74, 6) is 2.15. The van der Waals surface area contributed by atoms with E-state index in [1.807, 2.05) is 46.3 Å². The van der Waals surface area contributed by atoms with Crippen LogP contribution in [0.25, 0.3) is 5.65 Å². The van der Waals surface area contributed by atoms with Gasteiger partial charge in [0.2, 0.25) is 11.8 Å². The molecule has 3 aliphatic rings. The van der Waals surface area contributed by atoms with Crippen molar-refractivity contribution >= 4 is 29.1 Å². The minimum absolute atomic E-state index is 0.166. The Labute approximate surface area is 332 Å². The Hall–Kier alpha value is -4.78. The number of fused-ring (bicyclic) bond motifs is 2. The summed E-state index contributed by atoms with van der Waals surface area (Å²) in [5, 5.41) is 14.2. The maximum Gasteiger partial charge on any atom is 0.346 e. The van der Waals surface area contributed by atoms with Crippen molar-refractivity contribution in [2.45, 2.75) is 90.8 Å². The van der Waals surface area contributed by atoms with Gasteiger partial charge in [-0.1, -0.05) is 57.2 Å². The summed E-state index contributed by atoms with van der Waals surface area (Å²) in [6.07, 6.45) is 10.9. The van der Waals surface area contributed by atoms with Crippen molar-refractivity contribution in [3.63, 3.8) is 0 Å². The summed E-state index contributed by atoms with van der Waals surface area (Å²) in [5.41, 5.74) is 12.1. The molecule has 2 fully saturated rings. The zero-order valence-corrected chi connectivity index (χ0v) is 34.0. The maximum absolute atomic E-state index is 13.8. The minimum Gasteiger partial charge on any atom is -0.484 e. The summed E-state index contributed by atoms with van der Waals surface area (Å²) in [7, 11) is 2.20. The zero-order valence-electron chi connectivity index (χ0n) is 34.0. The van der Waals surface area contributed by atoms with Gasteiger partial charge in [-0.05, 0) is 107 Å². The first kappa shape index (κ1) is 39.5. The van der Waals surface area contributed by atoms with E-state index in [1.54, 1.807) is 0 Å². The number of likely N-dealkylation sites (N-methyl/N-ethyl adjacent to an activating group) is 1. The van der Waals surface area contributed by atoms with E-state index in [1.165, 1.54) is 18.4 Å². The minimum atomic E-state index is -0.395.